The maximum atomic E-state index is 11.1. The van der Waals surface area contributed by atoms with Crippen LogP contribution >= 0.6 is 0 Å². The maximum Gasteiger partial charge on any atom is 0.335 e. The molecule has 5 nitrogen and oxygen atoms in total. The van der Waals surface area contributed by atoms with Crippen LogP contribution in [-0.4, -0.2) is 27.2 Å². The zero-order valence-electron chi connectivity index (χ0n) is 13.1. The number of benzene rings is 2. The van der Waals surface area contributed by atoms with Crippen molar-refractivity contribution < 1.29 is 14.6 Å². The summed E-state index contributed by atoms with van der Waals surface area (Å²) in [5, 5.41) is 9.08. The molecule has 0 bridgehead atoms. The minimum Gasteiger partial charge on any atom is -0.493 e. The second-order valence-electron chi connectivity index (χ2n) is 5.39. The molecule has 0 spiro atoms. The Morgan fingerprint density at radius 3 is 2.75 bits per heavy atom. The van der Waals surface area contributed by atoms with E-state index in [2.05, 4.69) is 4.98 Å². The summed E-state index contributed by atoms with van der Waals surface area (Å²) >= 11 is 0. The third-order valence-corrected chi connectivity index (χ3v) is 3.67. The summed E-state index contributed by atoms with van der Waals surface area (Å²) in [5.41, 5.74) is 1.22. The zero-order chi connectivity index (χ0) is 16.8. The highest BCUT2D eigenvalue weighted by atomic mass is 16.5. The van der Waals surface area contributed by atoms with Gasteiger partial charge in [-0.3, -0.25) is 0 Å². The zero-order valence-corrected chi connectivity index (χ0v) is 13.1. The molecular formula is C19H18N2O3. The Morgan fingerprint density at radius 2 is 1.96 bits per heavy atom. The molecule has 0 atom stereocenters. The van der Waals surface area contributed by atoms with Crippen molar-refractivity contribution in [1.82, 2.24) is 9.55 Å². The predicted octanol–water partition coefficient (Wildman–Crippen LogP) is 3.25. The topological polar surface area (TPSA) is 64.3 Å². The number of ether oxygens (including phenoxy) is 1. The Kier molecular flexibility index (Phi) is 4.91. The first-order valence-corrected chi connectivity index (χ1v) is 7.72. The average Bonchev–Trinajstić information content (AvgIpc) is 3.03. The molecule has 3 aromatic rings. The summed E-state index contributed by atoms with van der Waals surface area (Å²) in [4.78, 5) is 15.4. The standard InChI is InChI=1S/C19H18N2O3/c22-19(23)16-6-4-5-15(13-16)14-21-11-10-20-18(21)9-12-24-17-7-2-1-3-8-17/h1-8,10-11,13H,9,12,14H2,(H,22,23). The lowest BCUT2D eigenvalue weighted by Gasteiger charge is -2.10. The quantitative estimate of drug-likeness (QED) is 0.725. The van der Waals surface area contributed by atoms with Gasteiger partial charge in [-0.05, 0) is 29.8 Å². The SMILES string of the molecule is O=C(O)c1cccc(Cn2ccnc2CCOc2ccccc2)c1. The second kappa shape index (κ2) is 7.46. The molecule has 3 rings (SSSR count). The third kappa shape index (κ3) is 4.01. The van der Waals surface area contributed by atoms with Gasteiger partial charge in [-0.1, -0.05) is 30.3 Å². The average molecular weight is 322 g/mol. The van der Waals surface area contributed by atoms with Gasteiger partial charge in [0.1, 0.15) is 11.6 Å². The van der Waals surface area contributed by atoms with Crippen LogP contribution in [0.1, 0.15) is 21.7 Å². The highest BCUT2D eigenvalue weighted by Crippen LogP contribution is 2.11. The minimum atomic E-state index is -0.918. The number of carboxylic acid groups (broad SMARTS) is 1. The molecule has 122 valence electrons. The molecule has 1 N–H and O–H groups in total. The normalized spacial score (nSPS) is 10.5. The Bertz CT molecular complexity index is 812. The molecule has 0 unspecified atom stereocenters. The summed E-state index contributed by atoms with van der Waals surface area (Å²) in [6.07, 6.45) is 4.32. The fourth-order valence-corrected chi connectivity index (χ4v) is 2.49. The van der Waals surface area contributed by atoms with Crippen LogP contribution in [0, 0.1) is 0 Å². The summed E-state index contributed by atoms with van der Waals surface area (Å²) in [6.45, 7) is 1.12. The van der Waals surface area contributed by atoms with E-state index < -0.39 is 5.97 Å². The molecule has 0 fully saturated rings. The molecule has 0 aliphatic heterocycles. The molecule has 0 saturated carbocycles. The van der Waals surface area contributed by atoms with E-state index in [1.807, 2.05) is 47.2 Å². The van der Waals surface area contributed by atoms with Gasteiger partial charge >= 0.3 is 5.97 Å². The Morgan fingerprint density at radius 1 is 1.12 bits per heavy atom. The van der Waals surface area contributed by atoms with Crippen molar-refractivity contribution in [2.24, 2.45) is 0 Å². The number of rotatable bonds is 7. The van der Waals surface area contributed by atoms with Gasteiger partial charge in [0.15, 0.2) is 0 Å². The number of nitrogens with zero attached hydrogens (tertiary/aromatic N) is 2. The number of aromatic nitrogens is 2. The van der Waals surface area contributed by atoms with Gasteiger partial charge in [0.25, 0.3) is 0 Å². The first-order chi connectivity index (χ1) is 11.7. The lowest BCUT2D eigenvalue weighted by molar-refractivity contribution is 0.0696. The molecule has 0 amide bonds. The number of aromatic carboxylic acids is 1. The van der Waals surface area contributed by atoms with Crippen molar-refractivity contribution in [2.45, 2.75) is 13.0 Å². The summed E-state index contributed by atoms with van der Waals surface area (Å²) < 4.78 is 7.71. The smallest absolute Gasteiger partial charge is 0.335 e. The van der Waals surface area contributed by atoms with Crippen LogP contribution in [0.3, 0.4) is 0 Å². The van der Waals surface area contributed by atoms with Crippen LogP contribution in [0.4, 0.5) is 0 Å². The lowest BCUT2D eigenvalue weighted by Crippen LogP contribution is -2.10. The molecule has 0 saturated heterocycles. The van der Waals surface area contributed by atoms with Crippen LogP contribution in [0.2, 0.25) is 0 Å². The van der Waals surface area contributed by atoms with Crippen LogP contribution in [0.15, 0.2) is 67.0 Å². The monoisotopic (exact) mass is 322 g/mol. The molecule has 0 aliphatic carbocycles. The van der Waals surface area contributed by atoms with E-state index in [-0.39, 0.29) is 0 Å². The van der Waals surface area contributed by atoms with Gasteiger partial charge in [0.2, 0.25) is 0 Å². The molecule has 1 heterocycles. The van der Waals surface area contributed by atoms with Gasteiger partial charge in [-0.2, -0.15) is 0 Å². The molecule has 0 radical (unpaired) electrons. The van der Waals surface area contributed by atoms with Gasteiger partial charge in [0.05, 0.1) is 12.2 Å². The van der Waals surface area contributed by atoms with E-state index in [0.717, 1.165) is 17.1 Å². The van der Waals surface area contributed by atoms with Crippen molar-refractivity contribution in [3.05, 3.63) is 83.9 Å². The molecule has 1 aromatic heterocycles. The number of imidazole rings is 1. The van der Waals surface area contributed by atoms with Crippen LogP contribution in [0.25, 0.3) is 0 Å². The van der Waals surface area contributed by atoms with Gasteiger partial charge in [-0.25, -0.2) is 9.78 Å². The van der Waals surface area contributed by atoms with Crippen molar-refractivity contribution in [3.63, 3.8) is 0 Å². The molecule has 2 aromatic carbocycles. The van der Waals surface area contributed by atoms with Crippen LogP contribution in [0.5, 0.6) is 5.75 Å². The second-order valence-corrected chi connectivity index (χ2v) is 5.39. The number of hydrogen-bond donors (Lipinski definition) is 1. The minimum absolute atomic E-state index is 0.293. The van der Waals surface area contributed by atoms with Crippen LogP contribution < -0.4 is 4.74 Å². The molecule has 24 heavy (non-hydrogen) atoms. The van der Waals surface area contributed by atoms with Crippen molar-refractivity contribution in [2.75, 3.05) is 6.61 Å². The first-order valence-electron chi connectivity index (χ1n) is 7.72. The van der Waals surface area contributed by atoms with Crippen molar-refractivity contribution in [1.29, 1.82) is 0 Å². The highest BCUT2D eigenvalue weighted by molar-refractivity contribution is 5.87. The van der Waals surface area contributed by atoms with E-state index in [4.69, 9.17) is 9.84 Å². The number of hydrogen-bond acceptors (Lipinski definition) is 3. The Hall–Kier alpha value is -3.08. The first kappa shape index (κ1) is 15.8. The van der Waals surface area contributed by atoms with Crippen molar-refractivity contribution >= 4 is 5.97 Å². The van der Waals surface area contributed by atoms with E-state index in [1.54, 1.807) is 24.4 Å². The molecular weight excluding hydrogens is 304 g/mol. The van der Waals surface area contributed by atoms with Gasteiger partial charge in [0, 0.05) is 25.4 Å². The third-order valence-electron chi connectivity index (χ3n) is 3.67. The summed E-state index contributed by atoms with van der Waals surface area (Å²) in [6, 6.07) is 16.6. The van der Waals surface area contributed by atoms with E-state index in [1.165, 1.54) is 0 Å². The summed E-state index contributed by atoms with van der Waals surface area (Å²) in [7, 11) is 0. The highest BCUT2D eigenvalue weighted by Gasteiger charge is 2.07. The molecule has 5 heteroatoms. The van der Waals surface area contributed by atoms with Gasteiger partial charge in [-0.15, -0.1) is 0 Å². The van der Waals surface area contributed by atoms with Gasteiger partial charge < -0.3 is 14.4 Å². The fraction of sp³-hybridized carbons (Fsp3) is 0.158. The fourth-order valence-electron chi connectivity index (χ4n) is 2.49. The van der Waals surface area contributed by atoms with E-state index in [0.29, 0.717) is 25.1 Å². The van der Waals surface area contributed by atoms with Crippen molar-refractivity contribution in [3.8, 4) is 5.75 Å². The maximum absolute atomic E-state index is 11.1. The lowest BCUT2D eigenvalue weighted by atomic mass is 10.1. The Labute approximate surface area is 140 Å². The molecule has 0 aliphatic rings. The number of carboxylic acids is 1. The van der Waals surface area contributed by atoms with E-state index in [9.17, 15) is 4.79 Å². The predicted molar refractivity (Wildman–Crippen MR) is 90.4 cm³/mol. The number of carbonyl (C=O) groups is 1. The van der Waals surface area contributed by atoms with Crippen LogP contribution in [-0.2, 0) is 13.0 Å². The Balaban J connectivity index is 1.63. The largest absolute Gasteiger partial charge is 0.493 e. The van der Waals surface area contributed by atoms with E-state index >= 15 is 0 Å². The number of para-hydroxylation sites is 1. The summed E-state index contributed by atoms with van der Waals surface area (Å²) in [5.74, 6) is 0.829.